The van der Waals surface area contributed by atoms with Crippen molar-refractivity contribution in [1.82, 2.24) is 0 Å². The van der Waals surface area contributed by atoms with Crippen LogP contribution in [-0.4, -0.2) is 11.9 Å². The minimum atomic E-state index is -0.718. The standard InChI is InChI=1S/C20H29FO4/c1-14(2)8-5-12-18(22)24-17-11-7-10-16(21)20(17)25-19(23)13-6-9-15(3)4/h7,10-11,14-15H,5-6,8-9,12-13H2,1-4H3. The van der Waals surface area contributed by atoms with Crippen molar-refractivity contribution in [3.05, 3.63) is 24.0 Å². The van der Waals surface area contributed by atoms with Gasteiger partial charge >= 0.3 is 11.9 Å². The van der Waals surface area contributed by atoms with Crippen molar-refractivity contribution in [2.45, 2.75) is 66.2 Å². The lowest BCUT2D eigenvalue weighted by Gasteiger charge is -2.12. The molecule has 1 aromatic carbocycles. The molecule has 0 fully saturated rings. The van der Waals surface area contributed by atoms with E-state index in [9.17, 15) is 14.0 Å². The number of ether oxygens (including phenoxy) is 2. The monoisotopic (exact) mass is 352 g/mol. The van der Waals surface area contributed by atoms with E-state index in [2.05, 4.69) is 27.7 Å². The third kappa shape index (κ3) is 8.66. The van der Waals surface area contributed by atoms with Gasteiger partial charge < -0.3 is 9.47 Å². The van der Waals surface area contributed by atoms with E-state index in [1.165, 1.54) is 18.2 Å². The predicted molar refractivity (Wildman–Crippen MR) is 95.0 cm³/mol. The number of carbonyl (C=O) groups excluding carboxylic acids is 2. The Kier molecular flexibility index (Phi) is 9.17. The Hall–Kier alpha value is -1.91. The van der Waals surface area contributed by atoms with Crippen molar-refractivity contribution in [3.63, 3.8) is 0 Å². The molecule has 0 aliphatic rings. The second-order valence-corrected chi connectivity index (χ2v) is 7.09. The summed E-state index contributed by atoms with van der Waals surface area (Å²) in [4.78, 5) is 23.8. The van der Waals surface area contributed by atoms with Crippen LogP contribution in [0.25, 0.3) is 0 Å². The normalized spacial score (nSPS) is 11.0. The number of hydrogen-bond acceptors (Lipinski definition) is 4. The summed E-state index contributed by atoms with van der Waals surface area (Å²) in [7, 11) is 0. The Balaban J connectivity index is 2.64. The highest BCUT2D eigenvalue weighted by atomic mass is 19.1. The van der Waals surface area contributed by atoms with Gasteiger partial charge in [-0.05, 0) is 36.8 Å². The maximum atomic E-state index is 14.0. The molecule has 0 amide bonds. The minimum absolute atomic E-state index is 0.0493. The zero-order valence-corrected chi connectivity index (χ0v) is 15.6. The smallest absolute Gasteiger partial charge is 0.311 e. The molecule has 0 atom stereocenters. The van der Waals surface area contributed by atoms with Gasteiger partial charge in [0, 0.05) is 12.8 Å². The topological polar surface area (TPSA) is 52.6 Å². The number of rotatable bonds is 10. The van der Waals surface area contributed by atoms with Gasteiger partial charge in [0.25, 0.3) is 0 Å². The lowest BCUT2D eigenvalue weighted by atomic mass is 10.1. The molecule has 1 rings (SSSR count). The molecule has 5 heteroatoms. The quantitative estimate of drug-likeness (QED) is 0.424. The summed E-state index contributed by atoms with van der Waals surface area (Å²) in [6.45, 7) is 8.29. The van der Waals surface area contributed by atoms with E-state index < -0.39 is 17.8 Å². The lowest BCUT2D eigenvalue weighted by molar-refractivity contribution is -0.137. The fourth-order valence-corrected chi connectivity index (χ4v) is 2.32. The molecule has 0 spiro atoms. The number of benzene rings is 1. The average molecular weight is 352 g/mol. The van der Waals surface area contributed by atoms with E-state index >= 15 is 0 Å². The number of halogens is 1. The molecular formula is C20H29FO4. The number of para-hydroxylation sites is 1. The molecule has 0 radical (unpaired) electrons. The molecule has 0 aliphatic heterocycles. The maximum absolute atomic E-state index is 14.0. The highest BCUT2D eigenvalue weighted by molar-refractivity contribution is 5.76. The first-order valence-electron chi connectivity index (χ1n) is 8.99. The molecule has 0 N–H and O–H groups in total. The Labute approximate surface area is 149 Å². The van der Waals surface area contributed by atoms with Gasteiger partial charge in [-0.15, -0.1) is 0 Å². The molecule has 0 bridgehead atoms. The summed E-state index contributed by atoms with van der Waals surface area (Å²) < 4.78 is 24.3. The SMILES string of the molecule is CC(C)CCCC(=O)Oc1cccc(F)c1OC(=O)CCCC(C)C. The zero-order chi connectivity index (χ0) is 18.8. The van der Waals surface area contributed by atoms with E-state index in [1.54, 1.807) is 0 Å². The van der Waals surface area contributed by atoms with Crippen LogP contribution in [0.5, 0.6) is 11.5 Å². The van der Waals surface area contributed by atoms with Crippen LogP contribution in [0.4, 0.5) is 4.39 Å². The van der Waals surface area contributed by atoms with Gasteiger partial charge in [-0.25, -0.2) is 4.39 Å². The Morgan fingerprint density at radius 2 is 1.44 bits per heavy atom. The molecule has 25 heavy (non-hydrogen) atoms. The second-order valence-electron chi connectivity index (χ2n) is 7.09. The van der Waals surface area contributed by atoms with Crippen LogP contribution in [-0.2, 0) is 9.59 Å². The van der Waals surface area contributed by atoms with Crippen molar-refractivity contribution in [2.75, 3.05) is 0 Å². The van der Waals surface area contributed by atoms with Crippen molar-refractivity contribution in [2.24, 2.45) is 11.8 Å². The summed E-state index contributed by atoms with van der Waals surface area (Å²) in [6.07, 6.45) is 3.64. The molecule has 0 aromatic heterocycles. The second kappa shape index (κ2) is 10.9. The maximum Gasteiger partial charge on any atom is 0.311 e. The zero-order valence-electron chi connectivity index (χ0n) is 15.6. The van der Waals surface area contributed by atoms with Crippen LogP contribution in [0.2, 0.25) is 0 Å². The van der Waals surface area contributed by atoms with Crippen molar-refractivity contribution >= 4 is 11.9 Å². The molecule has 0 saturated carbocycles. The molecule has 0 aliphatic carbocycles. The molecule has 0 saturated heterocycles. The van der Waals surface area contributed by atoms with Crippen molar-refractivity contribution in [1.29, 1.82) is 0 Å². The van der Waals surface area contributed by atoms with Crippen LogP contribution in [0.1, 0.15) is 66.2 Å². The molecule has 140 valence electrons. The summed E-state index contributed by atoms with van der Waals surface area (Å²) in [5.74, 6) is -1.06. The first-order chi connectivity index (χ1) is 11.8. The number of esters is 2. The first-order valence-corrected chi connectivity index (χ1v) is 8.99. The predicted octanol–water partition coefficient (Wildman–Crippen LogP) is 5.29. The van der Waals surface area contributed by atoms with E-state index in [4.69, 9.17) is 9.47 Å². The molecule has 4 nitrogen and oxygen atoms in total. The van der Waals surface area contributed by atoms with Gasteiger partial charge in [0.2, 0.25) is 5.75 Å². The van der Waals surface area contributed by atoms with Gasteiger partial charge in [-0.3, -0.25) is 9.59 Å². The van der Waals surface area contributed by atoms with E-state index in [0.29, 0.717) is 24.7 Å². The highest BCUT2D eigenvalue weighted by Crippen LogP contribution is 2.31. The van der Waals surface area contributed by atoms with Crippen molar-refractivity contribution in [3.8, 4) is 11.5 Å². The Morgan fingerprint density at radius 3 is 1.96 bits per heavy atom. The van der Waals surface area contributed by atoms with Gasteiger partial charge in [-0.2, -0.15) is 0 Å². The fraction of sp³-hybridized carbons (Fsp3) is 0.600. The summed E-state index contributed by atoms with van der Waals surface area (Å²) >= 11 is 0. The van der Waals surface area contributed by atoms with Crippen LogP contribution in [0.3, 0.4) is 0 Å². The van der Waals surface area contributed by atoms with E-state index in [0.717, 1.165) is 12.8 Å². The lowest BCUT2D eigenvalue weighted by Crippen LogP contribution is -2.13. The third-order valence-corrected chi connectivity index (χ3v) is 3.70. The summed E-state index contributed by atoms with van der Waals surface area (Å²) in [5, 5.41) is 0. The fourth-order valence-electron chi connectivity index (χ4n) is 2.32. The molecular weight excluding hydrogens is 323 g/mol. The first kappa shape index (κ1) is 21.1. The average Bonchev–Trinajstić information content (AvgIpc) is 2.50. The van der Waals surface area contributed by atoms with Crippen molar-refractivity contribution < 1.29 is 23.5 Å². The van der Waals surface area contributed by atoms with Gasteiger partial charge in [-0.1, -0.05) is 46.6 Å². The highest BCUT2D eigenvalue weighted by Gasteiger charge is 2.18. The third-order valence-electron chi connectivity index (χ3n) is 3.70. The Bertz CT molecular complexity index is 567. The van der Waals surface area contributed by atoms with Crippen LogP contribution < -0.4 is 9.47 Å². The summed E-state index contributed by atoms with van der Waals surface area (Å²) in [5.41, 5.74) is 0. The van der Waals surface area contributed by atoms with Crippen LogP contribution >= 0.6 is 0 Å². The molecule has 0 heterocycles. The molecule has 0 unspecified atom stereocenters. The van der Waals surface area contributed by atoms with Gasteiger partial charge in [0.15, 0.2) is 11.6 Å². The molecule has 1 aromatic rings. The minimum Gasteiger partial charge on any atom is -0.422 e. The van der Waals surface area contributed by atoms with E-state index in [-0.39, 0.29) is 24.3 Å². The van der Waals surface area contributed by atoms with Gasteiger partial charge in [0.05, 0.1) is 0 Å². The Morgan fingerprint density at radius 1 is 0.920 bits per heavy atom. The summed E-state index contributed by atoms with van der Waals surface area (Å²) in [6, 6.07) is 4.02. The number of hydrogen-bond donors (Lipinski definition) is 0. The van der Waals surface area contributed by atoms with Crippen LogP contribution in [0, 0.1) is 17.7 Å². The van der Waals surface area contributed by atoms with E-state index in [1.807, 2.05) is 0 Å². The largest absolute Gasteiger partial charge is 0.422 e. The van der Waals surface area contributed by atoms with Gasteiger partial charge in [0.1, 0.15) is 0 Å². The number of carbonyl (C=O) groups is 2. The van der Waals surface area contributed by atoms with Crippen LogP contribution in [0.15, 0.2) is 18.2 Å².